The molecule has 0 amide bonds. The maximum Gasteiger partial charge on any atom is 0.00784 e. The second-order valence-corrected chi connectivity index (χ2v) is 8.40. The van der Waals surface area contributed by atoms with Crippen molar-refractivity contribution < 1.29 is 0 Å². The molecule has 1 heterocycles. The van der Waals surface area contributed by atoms with E-state index in [4.69, 9.17) is 0 Å². The van der Waals surface area contributed by atoms with Crippen molar-refractivity contribution in [3.05, 3.63) is 0 Å². The summed E-state index contributed by atoms with van der Waals surface area (Å²) >= 11 is 2.31. The van der Waals surface area contributed by atoms with Crippen LogP contribution in [0.1, 0.15) is 57.8 Å². The Kier molecular flexibility index (Phi) is 2.95. The van der Waals surface area contributed by atoms with Gasteiger partial charge in [0, 0.05) is 5.25 Å². The number of rotatable bonds is 0. The lowest BCUT2D eigenvalue weighted by molar-refractivity contribution is 0.000801. The SMILES string of the molecule is C1CCC2C(C1)CCC1C3CCSC3CCC21. The summed E-state index contributed by atoms with van der Waals surface area (Å²) in [6.45, 7) is 0. The Balaban J connectivity index is 1.56. The van der Waals surface area contributed by atoms with Gasteiger partial charge in [0.25, 0.3) is 0 Å². The van der Waals surface area contributed by atoms with Gasteiger partial charge in [-0.05, 0) is 73.9 Å². The van der Waals surface area contributed by atoms with Crippen LogP contribution in [0, 0.1) is 29.6 Å². The Hall–Kier alpha value is 0.350. The summed E-state index contributed by atoms with van der Waals surface area (Å²) in [5, 5.41) is 1.08. The lowest BCUT2D eigenvalue weighted by Crippen LogP contribution is -2.44. The van der Waals surface area contributed by atoms with Crippen LogP contribution in [0.25, 0.3) is 0 Å². The van der Waals surface area contributed by atoms with Crippen LogP contribution < -0.4 is 0 Å². The Morgan fingerprint density at radius 3 is 2.41 bits per heavy atom. The molecule has 0 bridgehead atoms. The van der Waals surface area contributed by atoms with Crippen LogP contribution in [-0.4, -0.2) is 11.0 Å². The first kappa shape index (κ1) is 11.2. The summed E-state index contributed by atoms with van der Waals surface area (Å²) in [4.78, 5) is 0. The van der Waals surface area contributed by atoms with Gasteiger partial charge in [-0.3, -0.25) is 0 Å². The molecule has 1 saturated heterocycles. The zero-order valence-electron chi connectivity index (χ0n) is 10.9. The lowest BCUT2D eigenvalue weighted by Gasteiger charge is -2.51. The van der Waals surface area contributed by atoms with E-state index in [1.54, 1.807) is 57.8 Å². The van der Waals surface area contributed by atoms with E-state index in [0.29, 0.717) is 0 Å². The molecular weight excluding hydrogens is 224 g/mol. The van der Waals surface area contributed by atoms with E-state index in [-0.39, 0.29) is 0 Å². The van der Waals surface area contributed by atoms with Crippen LogP contribution in [0.2, 0.25) is 0 Å². The monoisotopic (exact) mass is 250 g/mol. The summed E-state index contributed by atoms with van der Waals surface area (Å²) in [5.41, 5.74) is 0. The molecular formula is C16H26S. The van der Waals surface area contributed by atoms with Gasteiger partial charge in [0.05, 0.1) is 0 Å². The van der Waals surface area contributed by atoms with Gasteiger partial charge in [-0.2, -0.15) is 11.8 Å². The van der Waals surface area contributed by atoms with Crippen LogP contribution in [0.3, 0.4) is 0 Å². The van der Waals surface area contributed by atoms with Crippen LogP contribution in [0.5, 0.6) is 0 Å². The summed E-state index contributed by atoms with van der Waals surface area (Å²) in [7, 11) is 0. The van der Waals surface area contributed by atoms with Gasteiger partial charge in [0.1, 0.15) is 0 Å². The summed E-state index contributed by atoms with van der Waals surface area (Å²) in [6.07, 6.45) is 14.2. The van der Waals surface area contributed by atoms with E-state index >= 15 is 0 Å². The van der Waals surface area contributed by atoms with Gasteiger partial charge in [-0.1, -0.05) is 19.3 Å². The van der Waals surface area contributed by atoms with Crippen molar-refractivity contribution in [3.63, 3.8) is 0 Å². The molecule has 3 aliphatic carbocycles. The smallest absolute Gasteiger partial charge is 0.00784 e. The van der Waals surface area contributed by atoms with Gasteiger partial charge >= 0.3 is 0 Å². The van der Waals surface area contributed by atoms with Gasteiger partial charge in [-0.15, -0.1) is 0 Å². The van der Waals surface area contributed by atoms with Crippen molar-refractivity contribution in [2.75, 3.05) is 5.75 Å². The van der Waals surface area contributed by atoms with Crippen molar-refractivity contribution >= 4 is 11.8 Å². The highest BCUT2D eigenvalue weighted by molar-refractivity contribution is 8.00. The Labute approximate surface area is 110 Å². The zero-order chi connectivity index (χ0) is 11.2. The molecule has 3 saturated carbocycles. The minimum Gasteiger partial charge on any atom is -0.158 e. The number of fused-ring (bicyclic) bond motifs is 5. The van der Waals surface area contributed by atoms with Crippen LogP contribution in [0.4, 0.5) is 0 Å². The van der Waals surface area contributed by atoms with Crippen molar-refractivity contribution in [2.24, 2.45) is 29.6 Å². The highest BCUT2D eigenvalue weighted by Crippen LogP contribution is 2.57. The molecule has 0 nitrogen and oxygen atoms in total. The Bertz CT molecular complexity index is 287. The average molecular weight is 250 g/mol. The average Bonchev–Trinajstić information content (AvgIpc) is 2.86. The van der Waals surface area contributed by atoms with Crippen LogP contribution >= 0.6 is 11.8 Å². The quantitative estimate of drug-likeness (QED) is 0.598. The minimum atomic E-state index is 1.08. The van der Waals surface area contributed by atoms with E-state index in [0.717, 1.165) is 34.8 Å². The molecule has 0 aromatic rings. The van der Waals surface area contributed by atoms with E-state index in [1.807, 2.05) is 0 Å². The first-order valence-electron chi connectivity index (χ1n) is 8.05. The molecule has 0 N–H and O–H groups in total. The Morgan fingerprint density at radius 2 is 1.41 bits per heavy atom. The first-order chi connectivity index (χ1) is 8.43. The molecule has 0 aromatic carbocycles. The summed E-state index contributed by atoms with van der Waals surface area (Å²) in [6, 6.07) is 0. The third-order valence-electron chi connectivity index (χ3n) is 6.53. The molecule has 0 aromatic heterocycles. The van der Waals surface area contributed by atoms with E-state index in [1.165, 1.54) is 5.75 Å². The van der Waals surface area contributed by atoms with Crippen molar-refractivity contribution in [1.29, 1.82) is 0 Å². The fourth-order valence-corrected chi connectivity index (χ4v) is 7.46. The van der Waals surface area contributed by atoms with E-state index in [9.17, 15) is 0 Å². The topological polar surface area (TPSA) is 0 Å². The van der Waals surface area contributed by atoms with Crippen LogP contribution in [-0.2, 0) is 0 Å². The predicted octanol–water partition coefficient (Wildman–Crippen LogP) is 4.73. The molecule has 17 heavy (non-hydrogen) atoms. The van der Waals surface area contributed by atoms with E-state index in [2.05, 4.69) is 11.8 Å². The zero-order valence-corrected chi connectivity index (χ0v) is 11.8. The highest BCUT2D eigenvalue weighted by Gasteiger charge is 2.48. The molecule has 1 aliphatic heterocycles. The van der Waals surface area contributed by atoms with Crippen molar-refractivity contribution in [3.8, 4) is 0 Å². The molecule has 6 atom stereocenters. The number of thioether (sulfide) groups is 1. The van der Waals surface area contributed by atoms with Gasteiger partial charge < -0.3 is 0 Å². The maximum atomic E-state index is 2.31. The van der Waals surface area contributed by atoms with Gasteiger partial charge in [-0.25, -0.2) is 0 Å². The number of hydrogen-bond acceptors (Lipinski definition) is 1. The molecule has 1 heteroatoms. The van der Waals surface area contributed by atoms with Crippen molar-refractivity contribution in [2.45, 2.75) is 63.0 Å². The van der Waals surface area contributed by atoms with Gasteiger partial charge in [0.15, 0.2) is 0 Å². The summed E-state index contributed by atoms with van der Waals surface area (Å²) in [5.74, 6) is 7.25. The standard InChI is InChI=1S/C16H26S/c1-2-4-12-11(3-1)5-6-14-13(12)7-8-16-15(14)9-10-17-16/h11-16H,1-10H2. The fourth-order valence-electron chi connectivity index (χ4n) is 5.87. The lowest BCUT2D eigenvalue weighted by atomic mass is 9.55. The second kappa shape index (κ2) is 4.47. The molecule has 0 radical (unpaired) electrons. The molecule has 6 unspecified atom stereocenters. The van der Waals surface area contributed by atoms with Crippen molar-refractivity contribution in [1.82, 2.24) is 0 Å². The third-order valence-corrected chi connectivity index (χ3v) is 8.02. The molecule has 0 spiro atoms. The molecule has 4 fully saturated rings. The summed E-state index contributed by atoms with van der Waals surface area (Å²) < 4.78 is 0. The second-order valence-electron chi connectivity index (χ2n) is 7.05. The normalized spacial score (nSPS) is 53.6. The highest BCUT2D eigenvalue weighted by atomic mass is 32.2. The number of hydrogen-bond donors (Lipinski definition) is 0. The third kappa shape index (κ3) is 1.79. The maximum absolute atomic E-state index is 2.31. The fraction of sp³-hybridized carbons (Fsp3) is 1.00. The first-order valence-corrected chi connectivity index (χ1v) is 9.10. The van der Waals surface area contributed by atoms with Crippen LogP contribution in [0.15, 0.2) is 0 Å². The minimum absolute atomic E-state index is 1.08. The molecule has 96 valence electrons. The molecule has 4 aliphatic rings. The van der Waals surface area contributed by atoms with Gasteiger partial charge in [0.2, 0.25) is 0 Å². The molecule has 4 rings (SSSR count). The van der Waals surface area contributed by atoms with E-state index < -0.39 is 0 Å². The largest absolute Gasteiger partial charge is 0.158 e. The Morgan fingerprint density at radius 1 is 0.588 bits per heavy atom. The predicted molar refractivity (Wildman–Crippen MR) is 75.2 cm³/mol.